The van der Waals surface area contributed by atoms with Gasteiger partial charge in [0.2, 0.25) is 0 Å². The van der Waals surface area contributed by atoms with Crippen molar-refractivity contribution in [2.75, 3.05) is 27.3 Å². The monoisotopic (exact) mass is 319 g/mol. The molecule has 0 radical (unpaired) electrons. The van der Waals surface area contributed by atoms with Crippen LogP contribution in [0.3, 0.4) is 0 Å². The predicted octanol–water partition coefficient (Wildman–Crippen LogP) is 3.50. The number of rotatable bonds is 5. The lowest BCUT2D eigenvalue weighted by Crippen LogP contribution is -2.51. The summed E-state index contributed by atoms with van der Waals surface area (Å²) in [4.78, 5) is 2.49. The summed E-state index contributed by atoms with van der Waals surface area (Å²) in [5.41, 5.74) is 1.03. The van der Waals surface area contributed by atoms with Crippen molar-refractivity contribution in [3.8, 4) is 0 Å². The molecule has 3 nitrogen and oxygen atoms in total. The number of benzene rings is 1. The molecule has 1 saturated carbocycles. The highest BCUT2D eigenvalue weighted by molar-refractivity contribution is 5.49. The van der Waals surface area contributed by atoms with Crippen LogP contribution in [0.25, 0.3) is 6.08 Å². The summed E-state index contributed by atoms with van der Waals surface area (Å²) in [6.07, 6.45) is 8.84. The van der Waals surface area contributed by atoms with Crippen molar-refractivity contribution in [3.05, 3.63) is 41.7 Å². The predicted molar refractivity (Wildman–Crippen MR) is 89.8 cm³/mol. The lowest BCUT2D eigenvalue weighted by molar-refractivity contribution is -0.0924. The van der Waals surface area contributed by atoms with Gasteiger partial charge in [0.25, 0.3) is 0 Å². The Labute approximate surface area is 138 Å². The first-order valence-electron chi connectivity index (χ1n) is 8.41. The summed E-state index contributed by atoms with van der Waals surface area (Å²) in [6, 6.07) is 7.02. The molecule has 4 heteroatoms. The van der Waals surface area contributed by atoms with E-state index in [1.807, 2.05) is 7.11 Å². The molecule has 2 fully saturated rings. The minimum Gasteiger partial charge on any atom is -0.381 e. The Morgan fingerprint density at radius 3 is 2.74 bits per heavy atom. The fourth-order valence-electron chi connectivity index (χ4n) is 4.09. The summed E-state index contributed by atoms with van der Waals surface area (Å²) < 4.78 is 24.5. The van der Waals surface area contributed by atoms with Gasteiger partial charge in [-0.05, 0) is 43.4 Å². The van der Waals surface area contributed by atoms with Crippen LogP contribution in [0.2, 0.25) is 0 Å². The zero-order valence-corrected chi connectivity index (χ0v) is 14.0. The van der Waals surface area contributed by atoms with Crippen LogP contribution in [0.1, 0.15) is 31.2 Å². The van der Waals surface area contributed by atoms with Crippen LogP contribution < -0.4 is 0 Å². The summed E-state index contributed by atoms with van der Waals surface area (Å²) >= 11 is 0. The second-order valence-corrected chi connectivity index (χ2v) is 6.62. The van der Waals surface area contributed by atoms with E-state index >= 15 is 0 Å². The number of methoxy groups -OCH3 is 2. The van der Waals surface area contributed by atoms with Crippen LogP contribution in [-0.2, 0) is 9.47 Å². The van der Waals surface area contributed by atoms with Gasteiger partial charge >= 0.3 is 0 Å². The zero-order valence-electron chi connectivity index (χ0n) is 14.0. The van der Waals surface area contributed by atoms with E-state index in [0.717, 1.165) is 44.3 Å². The molecule has 0 bridgehead atoms. The van der Waals surface area contributed by atoms with Crippen LogP contribution in [-0.4, -0.2) is 50.0 Å². The molecule has 1 heterocycles. The first-order chi connectivity index (χ1) is 11.2. The van der Waals surface area contributed by atoms with Crippen molar-refractivity contribution < 1.29 is 13.9 Å². The molecule has 23 heavy (non-hydrogen) atoms. The lowest BCUT2D eigenvalue weighted by atomic mass is 9.79. The van der Waals surface area contributed by atoms with Gasteiger partial charge in [-0.25, -0.2) is 4.39 Å². The largest absolute Gasteiger partial charge is 0.381 e. The summed E-state index contributed by atoms with van der Waals surface area (Å²) in [7, 11) is 3.65. The first-order valence-corrected chi connectivity index (χ1v) is 8.41. The highest BCUT2D eigenvalue weighted by Gasteiger charge is 2.50. The van der Waals surface area contributed by atoms with Crippen LogP contribution in [0.5, 0.6) is 0 Å². The summed E-state index contributed by atoms with van der Waals surface area (Å²) in [5.74, 6) is -0.195. The number of fused-ring (bicyclic) bond motifs is 1. The van der Waals surface area contributed by atoms with Gasteiger partial charge in [-0.15, -0.1) is 0 Å². The normalized spacial score (nSPS) is 31.6. The smallest absolute Gasteiger partial charge is 0.123 e. The Hall–Kier alpha value is -1.23. The van der Waals surface area contributed by atoms with Crippen molar-refractivity contribution in [2.45, 2.75) is 43.4 Å². The average molecular weight is 319 g/mol. The molecule has 2 aliphatic rings. The number of nitrogens with zero attached hydrogens (tertiary/aromatic N) is 1. The van der Waals surface area contributed by atoms with Crippen molar-refractivity contribution in [1.29, 1.82) is 0 Å². The fraction of sp³-hybridized carbons (Fsp3) is 0.579. The molecule has 1 aromatic rings. The quantitative estimate of drug-likeness (QED) is 0.829. The van der Waals surface area contributed by atoms with E-state index in [1.54, 1.807) is 19.2 Å². The molecule has 0 amide bonds. The average Bonchev–Trinajstić information content (AvgIpc) is 2.95. The van der Waals surface area contributed by atoms with E-state index in [4.69, 9.17) is 9.47 Å². The molecule has 0 N–H and O–H groups in total. The minimum absolute atomic E-state index is 0.00124. The molecule has 1 aromatic carbocycles. The molecule has 1 aliphatic carbocycles. The van der Waals surface area contributed by atoms with Crippen LogP contribution in [0, 0.1) is 5.82 Å². The Balaban J connectivity index is 1.64. The van der Waals surface area contributed by atoms with E-state index in [0.29, 0.717) is 12.1 Å². The molecule has 1 aliphatic heterocycles. The first kappa shape index (κ1) is 16.6. The standard InChI is InChI=1S/C19H26FNO2/c1-22-17-9-10-19(23-2)11-13-21(18(19)14-17)12-3-4-15-5-7-16(20)8-6-15/h3-8,17-18H,9-14H2,1-2H3/t17-,18-,19+/m0/s1. The van der Waals surface area contributed by atoms with Gasteiger partial charge in [-0.2, -0.15) is 0 Å². The van der Waals surface area contributed by atoms with Crippen molar-refractivity contribution >= 4 is 6.08 Å². The third-order valence-corrected chi connectivity index (χ3v) is 5.51. The Bertz CT molecular complexity index is 545. The second kappa shape index (κ2) is 7.12. The zero-order chi connectivity index (χ0) is 16.3. The third-order valence-electron chi connectivity index (χ3n) is 5.51. The molecular formula is C19H26FNO2. The number of ether oxygens (including phenoxy) is 2. The minimum atomic E-state index is -0.195. The SMILES string of the molecule is CO[C@H]1CC[C@@]2(OC)CCN(CC=Cc3ccc(F)cc3)[C@H]2C1. The van der Waals surface area contributed by atoms with Crippen molar-refractivity contribution in [1.82, 2.24) is 4.90 Å². The highest BCUT2D eigenvalue weighted by atomic mass is 19.1. The number of hydrogen-bond donors (Lipinski definition) is 0. The van der Waals surface area contributed by atoms with Gasteiger partial charge in [0.05, 0.1) is 11.7 Å². The maximum absolute atomic E-state index is 12.9. The van der Waals surface area contributed by atoms with Crippen molar-refractivity contribution in [3.63, 3.8) is 0 Å². The van der Waals surface area contributed by atoms with Gasteiger partial charge < -0.3 is 9.47 Å². The van der Waals surface area contributed by atoms with Gasteiger partial charge in [0.1, 0.15) is 5.82 Å². The summed E-state index contributed by atoms with van der Waals surface area (Å²) in [6.45, 7) is 1.95. The maximum Gasteiger partial charge on any atom is 0.123 e. The topological polar surface area (TPSA) is 21.7 Å². The van der Waals surface area contributed by atoms with E-state index in [-0.39, 0.29) is 11.4 Å². The number of halogens is 1. The van der Waals surface area contributed by atoms with E-state index in [2.05, 4.69) is 17.1 Å². The second-order valence-electron chi connectivity index (χ2n) is 6.62. The Kier molecular flexibility index (Phi) is 5.14. The number of likely N-dealkylation sites (tertiary alicyclic amines) is 1. The van der Waals surface area contributed by atoms with Crippen molar-refractivity contribution in [2.24, 2.45) is 0 Å². The van der Waals surface area contributed by atoms with Gasteiger partial charge in [0, 0.05) is 33.4 Å². The Morgan fingerprint density at radius 1 is 1.26 bits per heavy atom. The molecule has 0 spiro atoms. The number of hydrogen-bond acceptors (Lipinski definition) is 3. The van der Waals surface area contributed by atoms with E-state index in [1.165, 1.54) is 12.1 Å². The Morgan fingerprint density at radius 2 is 2.04 bits per heavy atom. The van der Waals surface area contributed by atoms with Crippen LogP contribution in [0.4, 0.5) is 4.39 Å². The molecule has 3 atom stereocenters. The van der Waals surface area contributed by atoms with E-state index in [9.17, 15) is 4.39 Å². The molecule has 3 rings (SSSR count). The maximum atomic E-state index is 12.9. The molecule has 0 unspecified atom stereocenters. The molecule has 0 aromatic heterocycles. The molecular weight excluding hydrogens is 293 g/mol. The van der Waals surface area contributed by atoms with Crippen LogP contribution >= 0.6 is 0 Å². The fourth-order valence-corrected chi connectivity index (χ4v) is 4.09. The molecule has 126 valence electrons. The highest BCUT2D eigenvalue weighted by Crippen LogP contribution is 2.42. The van der Waals surface area contributed by atoms with Gasteiger partial charge in [0.15, 0.2) is 0 Å². The van der Waals surface area contributed by atoms with Crippen LogP contribution in [0.15, 0.2) is 30.3 Å². The third kappa shape index (κ3) is 3.49. The molecule has 1 saturated heterocycles. The van der Waals surface area contributed by atoms with Gasteiger partial charge in [-0.1, -0.05) is 24.3 Å². The van der Waals surface area contributed by atoms with Gasteiger partial charge in [-0.3, -0.25) is 4.90 Å². The summed E-state index contributed by atoms with van der Waals surface area (Å²) in [5, 5.41) is 0. The lowest BCUT2D eigenvalue weighted by Gasteiger charge is -2.43. The van der Waals surface area contributed by atoms with E-state index < -0.39 is 0 Å².